The van der Waals surface area contributed by atoms with Gasteiger partial charge >= 0.3 is 0 Å². The summed E-state index contributed by atoms with van der Waals surface area (Å²) in [5.41, 5.74) is 3.09. The van der Waals surface area contributed by atoms with Crippen molar-refractivity contribution in [1.29, 1.82) is 0 Å². The zero-order valence-corrected chi connectivity index (χ0v) is 13.8. The van der Waals surface area contributed by atoms with Crippen LogP contribution in [0.25, 0.3) is 21.5 Å². The van der Waals surface area contributed by atoms with Gasteiger partial charge in [-0.3, -0.25) is 4.98 Å². The molecule has 3 aromatic carbocycles. The van der Waals surface area contributed by atoms with Crippen molar-refractivity contribution in [3.63, 3.8) is 0 Å². The summed E-state index contributed by atoms with van der Waals surface area (Å²) in [5.74, 6) is 5.48. The lowest BCUT2D eigenvalue weighted by atomic mass is 9.95. The van der Waals surface area contributed by atoms with Gasteiger partial charge in [-0.25, -0.2) is 0 Å². The molecule has 3 nitrogen and oxygen atoms in total. The summed E-state index contributed by atoms with van der Waals surface area (Å²) in [7, 11) is 0. The Balaban J connectivity index is 2.10. The number of benzene rings is 3. The molecule has 0 aliphatic rings. The molecule has 0 saturated heterocycles. The quantitative estimate of drug-likeness (QED) is 0.261. The van der Waals surface area contributed by atoms with Crippen LogP contribution in [0, 0.1) is 24.7 Å². The predicted molar refractivity (Wildman–Crippen MR) is 106 cm³/mol. The maximum absolute atomic E-state index is 5.69. The van der Waals surface area contributed by atoms with Gasteiger partial charge in [-0.15, -0.1) is 18.0 Å². The molecular formula is C23H13N3. The van der Waals surface area contributed by atoms with Crippen LogP contribution < -0.4 is 0 Å². The highest BCUT2D eigenvalue weighted by atomic mass is 15.1. The van der Waals surface area contributed by atoms with Crippen LogP contribution in [0.15, 0.2) is 77.2 Å². The van der Waals surface area contributed by atoms with Gasteiger partial charge in [0.1, 0.15) is 5.69 Å². The third-order valence-electron chi connectivity index (χ3n) is 4.25. The standard InChI is InChI=1S/C23H13N3/c1-3-16-7-5-9-19-21(16)15-22-17(4-2)8-6-10-20(22)23(19)26-25-18-11-13-24-14-12-18/h1-2,5-15H. The zero-order valence-electron chi connectivity index (χ0n) is 13.8. The largest absolute Gasteiger partial charge is 0.265 e. The Morgan fingerprint density at radius 2 is 1.27 bits per heavy atom. The molecule has 0 amide bonds. The van der Waals surface area contributed by atoms with Crippen LogP contribution in [0.3, 0.4) is 0 Å². The minimum Gasteiger partial charge on any atom is -0.265 e. The van der Waals surface area contributed by atoms with E-state index in [1.807, 2.05) is 42.5 Å². The van der Waals surface area contributed by atoms with Crippen molar-refractivity contribution in [1.82, 2.24) is 4.98 Å². The van der Waals surface area contributed by atoms with Crippen molar-refractivity contribution >= 4 is 32.9 Å². The van der Waals surface area contributed by atoms with Crippen LogP contribution in [0.1, 0.15) is 11.1 Å². The second-order valence-electron chi connectivity index (χ2n) is 5.72. The summed E-state index contributed by atoms with van der Waals surface area (Å²) in [6.45, 7) is 0. The predicted octanol–water partition coefficient (Wildman–Crippen LogP) is 5.77. The van der Waals surface area contributed by atoms with E-state index >= 15 is 0 Å². The zero-order chi connectivity index (χ0) is 17.9. The Morgan fingerprint density at radius 3 is 1.81 bits per heavy atom. The van der Waals surface area contributed by atoms with Crippen LogP contribution >= 0.6 is 0 Å². The van der Waals surface area contributed by atoms with Crippen molar-refractivity contribution in [2.45, 2.75) is 0 Å². The molecule has 1 aromatic heterocycles. The topological polar surface area (TPSA) is 37.6 Å². The van der Waals surface area contributed by atoms with Crippen LogP contribution in [0.2, 0.25) is 0 Å². The highest BCUT2D eigenvalue weighted by Crippen LogP contribution is 2.38. The molecule has 0 N–H and O–H groups in total. The van der Waals surface area contributed by atoms with Gasteiger partial charge in [0.2, 0.25) is 0 Å². The molecule has 0 aliphatic carbocycles. The fraction of sp³-hybridized carbons (Fsp3) is 0. The van der Waals surface area contributed by atoms with Crippen LogP contribution in [0.4, 0.5) is 11.4 Å². The third-order valence-corrected chi connectivity index (χ3v) is 4.25. The van der Waals surface area contributed by atoms with Gasteiger partial charge in [0.15, 0.2) is 0 Å². The Bertz CT molecular complexity index is 1170. The molecule has 0 saturated carbocycles. The van der Waals surface area contributed by atoms with Crippen molar-refractivity contribution < 1.29 is 0 Å². The lowest BCUT2D eigenvalue weighted by Gasteiger charge is -2.10. The number of pyridine rings is 1. The normalized spacial score (nSPS) is 10.8. The number of aromatic nitrogens is 1. The summed E-state index contributed by atoms with van der Waals surface area (Å²) in [6.07, 6.45) is 14.8. The first-order valence-electron chi connectivity index (χ1n) is 8.05. The summed E-state index contributed by atoms with van der Waals surface area (Å²) < 4.78 is 0. The Hall–Kier alpha value is -3.95. The van der Waals surface area contributed by atoms with E-state index in [4.69, 9.17) is 12.8 Å². The van der Waals surface area contributed by atoms with Gasteiger partial charge in [0, 0.05) is 45.1 Å². The molecule has 0 bridgehead atoms. The molecule has 0 aliphatic heterocycles. The fourth-order valence-corrected chi connectivity index (χ4v) is 3.02. The number of fused-ring (bicyclic) bond motifs is 2. The highest BCUT2D eigenvalue weighted by Gasteiger charge is 2.11. The summed E-state index contributed by atoms with van der Waals surface area (Å²) >= 11 is 0. The molecule has 0 atom stereocenters. The lowest BCUT2D eigenvalue weighted by molar-refractivity contribution is 1.22. The summed E-state index contributed by atoms with van der Waals surface area (Å²) in [5, 5.41) is 12.7. The van der Waals surface area contributed by atoms with Gasteiger partial charge in [-0.2, -0.15) is 5.11 Å². The maximum atomic E-state index is 5.69. The minimum absolute atomic E-state index is 0.728. The van der Waals surface area contributed by atoms with E-state index in [1.165, 1.54) is 0 Å². The third kappa shape index (κ3) is 2.59. The highest BCUT2D eigenvalue weighted by molar-refractivity contribution is 6.12. The maximum Gasteiger partial charge on any atom is 0.101 e. The molecular weight excluding hydrogens is 318 g/mol. The first kappa shape index (κ1) is 15.6. The molecule has 4 aromatic rings. The van der Waals surface area contributed by atoms with Crippen molar-refractivity contribution in [3.8, 4) is 24.7 Å². The average molecular weight is 331 g/mol. The van der Waals surface area contributed by atoms with Crippen molar-refractivity contribution in [3.05, 3.63) is 78.1 Å². The molecule has 0 spiro atoms. The van der Waals surface area contributed by atoms with Gasteiger partial charge < -0.3 is 0 Å². The SMILES string of the molecule is C#Cc1cccc2c(N=Nc3ccncc3)c3cccc(C#C)c3cc12. The number of rotatable bonds is 2. The van der Waals surface area contributed by atoms with Gasteiger partial charge in [-0.1, -0.05) is 36.1 Å². The molecule has 0 fully saturated rings. The molecule has 26 heavy (non-hydrogen) atoms. The van der Waals surface area contributed by atoms with Gasteiger partial charge in [0.25, 0.3) is 0 Å². The van der Waals surface area contributed by atoms with E-state index in [1.54, 1.807) is 24.5 Å². The molecule has 3 heteroatoms. The number of azo groups is 1. The first-order valence-corrected chi connectivity index (χ1v) is 8.05. The molecule has 0 radical (unpaired) electrons. The smallest absolute Gasteiger partial charge is 0.101 e. The van der Waals surface area contributed by atoms with Crippen LogP contribution in [-0.4, -0.2) is 4.98 Å². The minimum atomic E-state index is 0.728. The van der Waals surface area contributed by atoms with E-state index < -0.39 is 0 Å². The van der Waals surface area contributed by atoms with Crippen molar-refractivity contribution in [2.75, 3.05) is 0 Å². The molecule has 0 unspecified atom stereocenters. The molecule has 1 heterocycles. The fourth-order valence-electron chi connectivity index (χ4n) is 3.02. The van der Waals surface area contributed by atoms with E-state index in [0.717, 1.165) is 44.0 Å². The number of terminal acetylenes is 2. The second kappa shape index (κ2) is 6.51. The Labute approximate surface area is 151 Å². The van der Waals surface area contributed by atoms with Crippen LogP contribution in [-0.2, 0) is 0 Å². The van der Waals surface area contributed by atoms with E-state index in [-0.39, 0.29) is 0 Å². The van der Waals surface area contributed by atoms with Crippen molar-refractivity contribution in [2.24, 2.45) is 10.2 Å². The Kier molecular flexibility index (Phi) is 3.90. The number of hydrogen-bond acceptors (Lipinski definition) is 3. The van der Waals surface area contributed by atoms with Gasteiger partial charge in [-0.05, 0) is 30.3 Å². The summed E-state index contributed by atoms with van der Waals surface area (Å²) in [4.78, 5) is 4.00. The Morgan fingerprint density at radius 1 is 0.692 bits per heavy atom. The number of nitrogens with zero attached hydrogens (tertiary/aromatic N) is 3. The molecule has 4 rings (SSSR count). The number of hydrogen-bond donors (Lipinski definition) is 0. The molecule has 120 valence electrons. The van der Waals surface area contributed by atoms with E-state index in [0.29, 0.717) is 0 Å². The van der Waals surface area contributed by atoms with E-state index in [2.05, 4.69) is 27.1 Å². The first-order chi connectivity index (χ1) is 12.8. The second-order valence-corrected chi connectivity index (χ2v) is 5.72. The van der Waals surface area contributed by atoms with Gasteiger partial charge in [0.05, 0.1) is 5.69 Å². The van der Waals surface area contributed by atoms with Crippen LogP contribution in [0.5, 0.6) is 0 Å². The monoisotopic (exact) mass is 331 g/mol. The average Bonchev–Trinajstić information content (AvgIpc) is 2.71. The lowest BCUT2D eigenvalue weighted by Crippen LogP contribution is -1.86. The summed E-state index contributed by atoms with van der Waals surface area (Å²) in [6, 6.07) is 17.3. The van der Waals surface area contributed by atoms with E-state index in [9.17, 15) is 0 Å².